The number of guanidine groups is 1. The second kappa shape index (κ2) is 8.25. The molecule has 2 aliphatic heterocycles. The summed E-state index contributed by atoms with van der Waals surface area (Å²) in [5.74, 6) is 0.934. The number of nitrogens with zero attached hydrogens (tertiary/aromatic N) is 3. The van der Waals surface area contributed by atoms with Crippen molar-refractivity contribution in [3.8, 4) is 0 Å². The Kier molecular flexibility index (Phi) is 6.54. The van der Waals surface area contributed by atoms with Crippen LogP contribution in [0.25, 0.3) is 0 Å². The second-order valence-electron chi connectivity index (χ2n) is 8.11. The van der Waals surface area contributed by atoms with Crippen molar-refractivity contribution < 1.29 is 14.3 Å². The van der Waals surface area contributed by atoms with Crippen LogP contribution in [0, 0.1) is 5.41 Å². The summed E-state index contributed by atoms with van der Waals surface area (Å²) in [4.78, 5) is 20.6. The Hall–Kier alpha value is -1.50. The number of aliphatic imine (C=N–C) groups is 1. The maximum atomic E-state index is 12.0. The molecule has 144 valence electrons. The molecule has 25 heavy (non-hydrogen) atoms. The van der Waals surface area contributed by atoms with Gasteiger partial charge in [0.25, 0.3) is 0 Å². The molecule has 0 radical (unpaired) electrons. The zero-order chi connectivity index (χ0) is 18.5. The average molecular weight is 354 g/mol. The van der Waals surface area contributed by atoms with Crippen LogP contribution >= 0.6 is 0 Å². The molecule has 1 amide bonds. The number of likely N-dealkylation sites (tertiary alicyclic amines) is 1. The van der Waals surface area contributed by atoms with Gasteiger partial charge in [0, 0.05) is 45.2 Å². The van der Waals surface area contributed by atoms with Gasteiger partial charge in [-0.15, -0.1) is 0 Å². The lowest BCUT2D eigenvalue weighted by Crippen LogP contribution is -2.42. The van der Waals surface area contributed by atoms with Crippen LogP contribution in [0.3, 0.4) is 0 Å². The number of amides is 1. The van der Waals surface area contributed by atoms with Gasteiger partial charge in [-0.1, -0.05) is 0 Å². The highest BCUT2D eigenvalue weighted by Gasteiger charge is 2.42. The molecule has 0 bridgehead atoms. The molecule has 2 fully saturated rings. The second-order valence-corrected chi connectivity index (χ2v) is 8.11. The van der Waals surface area contributed by atoms with Crippen molar-refractivity contribution in [2.75, 3.05) is 53.0 Å². The highest BCUT2D eigenvalue weighted by molar-refractivity contribution is 5.80. The van der Waals surface area contributed by atoms with Crippen LogP contribution in [0.15, 0.2) is 4.99 Å². The van der Waals surface area contributed by atoms with Gasteiger partial charge in [0.2, 0.25) is 0 Å². The maximum absolute atomic E-state index is 12.0. The van der Waals surface area contributed by atoms with E-state index in [-0.39, 0.29) is 6.09 Å². The van der Waals surface area contributed by atoms with E-state index < -0.39 is 5.60 Å². The SMILES string of the molecule is CCNC(=NCCN(C)C(=O)OC(C)(C)C)N1CCC2(CCOC2)C1. The third kappa shape index (κ3) is 5.76. The van der Waals surface area contributed by atoms with Crippen molar-refractivity contribution >= 4 is 12.1 Å². The topological polar surface area (TPSA) is 66.4 Å². The molecule has 2 heterocycles. The fourth-order valence-electron chi connectivity index (χ4n) is 3.25. The van der Waals surface area contributed by atoms with Crippen LogP contribution in [0.1, 0.15) is 40.5 Å². The Balaban J connectivity index is 1.86. The van der Waals surface area contributed by atoms with Gasteiger partial charge in [0.15, 0.2) is 5.96 Å². The van der Waals surface area contributed by atoms with E-state index in [1.807, 2.05) is 20.8 Å². The quantitative estimate of drug-likeness (QED) is 0.617. The molecule has 0 aromatic carbocycles. The van der Waals surface area contributed by atoms with Gasteiger partial charge in [-0.3, -0.25) is 4.99 Å². The van der Waals surface area contributed by atoms with E-state index in [2.05, 4.69) is 17.1 Å². The van der Waals surface area contributed by atoms with Crippen LogP contribution in [0.5, 0.6) is 0 Å². The van der Waals surface area contributed by atoms with Crippen LogP contribution in [-0.4, -0.2) is 80.4 Å². The van der Waals surface area contributed by atoms with E-state index in [4.69, 9.17) is 14.5 Å². The predicted molar refractivity (Wildman–Crippen MR) is 98.9 cm³/mol. The molecule has 0 saturated carbocycles. The number of hydrogen-bond donors (Lipinski definition) is 1. The first-order chi connectivity index (χ1) is 11.7. The molecule has 0 aliphatic carbocycles. The molecule has 1 N–H and O–H groups in total. The van der Waals surface area contributed by atoms with Crippen LogP contribution in [0.4, 0.5) is 4.79 Å². The third-order valence-corrected chi connectivity index (χ3v) is 4.66. The summed E-state index contributed by atoms with van der Waals surface area (Å²) >= 11 is 0. The standard InChI is InChI=1S/C18H34N4O3/c1-6-19-15(22-10-7-18(13-22)8-12-24-14-18)20-9-11-21(5)16(23)25-17(2,3)4/h6-14H2,1-5H3,(H,19,20). The number of ether oxygens (including phenoxy) is 2. The average Bonchev–Trinajstić information content (AvgIpc) is 3.15. The van der Waals surface area contributed by atoms with E-state index in [1.165, 1.54) is 0 Å². The largest absolute Gasteiger partial charge is 0.444 e. The van der Waals surface area contributed by atoms with E-state index in [1.54, 1.807) is 11.9 Å². The Morgan fingerprint density at radius 3 is 2.76 bits per heavy atom. The Morgan fingerprint density at radius 1 is 1.40 bits per heavy atom. The summed E-state index contributed by atoms with van der Waals surface area (Å²) in [6.45, 7) is 13.4. The Labute approximate surface area is 151 Å². The van der Waals surface area contributed by atoms with Crippen LogP contribution in [-0.2, 0) is 9.47 Å². The molecular formula is C18H34N4O3. The Morgan fingerprint density at radius 2 is 2.16 bits per heavy atom. The smallest absolute Gasteiger partial charge is 0.410 e. The molecule has 7 heteroatoms. The number of nitrogens with one attached hydrogen (secondary N) is 1. The normalized spacial score (nSPS) is 24.0. The highest BCUT2D eigenvalue weighted by atomic mass is 16.6. The zero-order valence-corrected chi connectivity index (χ0v) is 16.4. The molecule has 2 aliphatic rings. The van der Waals surface area contributed by atoms with E-state index in [9.17, 15) is 4.79 Å². The van der Waals surface area contributed by atoms with Gasteiger partial charge in [0.1, 0.15) is 5.60 Å². The first kappa shape index (κ1) is 19.8. The van der Waals surface area contributed by atoms with Crippen molar-refractivity contribution in [3.63, 3.8) is 0 Å². The fourth-order valence-corrected chi connectivity index (χ4v) is 3.25. The molecule has 2 saturated heterocycles. The molecule has 0 aromatic rings. The van der Waals surface area contributed by atoms with E-state index in [0.29, 0.717) is 18.5 Å². The number of hydrogen-bond acceptors (Lipinski definition) is 4. The molecule has 1 spiro atoms. The lowest BCUT2D eigenvalue weighted by Gasteiger charge is -2.26. The molecule has 0 aromatic heterocycles. The van der Waals surface area contributed by atoms with Gasteiger partial charge in [0.05, 0.1) is 13.2 Å². The lowest BCUT2D eigenvalue weighted by molar-refractivity contribution is 0.0304. The lowest BCUT2D eigenvalue weighted by atomic mass is 9.87. The minimum absolute atomic E-state index is 0.309. The minimum Gasteiger partial charge on any atom is -0.444 e. The van der Waals surface area contributed by atoms with Gasteiger partial charge >= 0.3 is 6.09 Å². The Bertz CT molecular complexity index is 481. The zero-order valence-electron chi connectivity index (χ0n) is 16.4. The minimum atomic E-state index is -0.475. The maximum Gasteiger partial charge on any atom is 0.410 e. The summed E-state index contributed by atoms with van der Waals surface area (Å²) in [6, 6.07) is 0. The summed E-state index contributed by atoms with van der Waals surface area (Å²) in [7, 11) is 1.75. The monoisotopic (exact) mass is 354 g/mol. The van der Waals surface area contributed by atoms with E-state index in [0.717, 1.165) is 51.6 Å². The summed E-state index contributed by atoms with van der Waals surface area (Å²) in [6.07, 6.45) is 2.00. The van der Waals surface area contributed by atoms with Crippen molar-refractivity contribution in [2.45, 2.75) is 46.1 Å². The van der Waals surface area contributed by atoms with Crippen molar-refractivity contribution in [1.29, 1.82) is 0 Å². The van der Waals surface area contributed by atoms with Crippen LogP contribution in [0.2, 0.25) is 0 Å². The number of likely N-dealkylation sites (N-methyl/N-ethyl adjacent to an activating group) is 1. The fraction of sp³-hybridized carbons (Fsp3) is 0.889. The molecule has 7 nitrogen and oxygen atoms in total. The highest BCUT2D eigenvalue weighted by Crippen LogP contribution is 2.38. The molecular weight excluding hydrogens is 320 g/mol. The first-order valence-corrected chi connectivity index (χ1v) is 9.30. The molecule has 1 atom stereocenters. The predicted octanol–water partition coefficient (Wildman–Crippen LogP) is 1.93. The number of carbonyl (C=O) groups excluding carboxylic acids is 1. The van der Waals surface area contributed by atoms with Crippen molar-refractivity contribution in [2.24, 2.45) is 10.4 Å². The summed E-state index contributed by atoms with van der Waals surface area (Å²) < 4.78 is 11.0. The molecule has 2 rings (SSSR count). The van der Waals surface area contributed by atoms with Gasteiger partial charge in [-0.25, -0.2) is 4.79 Å². The third-order valence-electron chi connectivity index (χ3n) is 4.66. The van der Waals surface area contributed by atoms with Gasteiger partial charge < -0.3 is 24.6 Å². The summed E-state index contributed by atoms with van der Waals surface area (Å²) in [5, 5.41) is 3.37. The first-order valence-electron chi connectivity index (χ1n) is 9.30. The van der Waals surface area contributed by atoms with Crippen molar-refractivity contribution in [3.05, 3.63) is 0 Å². The number of carbonyl (C=O) groups is 1. The van der Waals surface area contributed by atoms with Gasteiger partial charge in [-0.2, -0.15) is 0 Å². The van der Waals surface area contributed by atoms with Crippen LogP contribution < -0.4 is 5.32 Å². The van der Waals surface area contributed by atoms with Gasteiger partial charge in [-0.05, 0) is 40.5 Å². The molecule has 1 unspecified atom stereocenters. The van der Waals surface area contributed by atoms with E-state index >= 15 is 0 Å². The summed E-state index contributed by atoms with van der Waals surface area (Å²) in [5.41, 5.74) is -0.166. The number of rotatable bonds is 4. The van der Waals surface area contributed by atoms with Crippen molar-refractivity contribution in [1.82, 2.24) is 15.1 Å².